The number of carbonyl (C=O) groups is 1. The second-order valence-electron chi connectivity index (χ2n) is 6.74. The summed E-state index contributed by atoms with van der Waals surface area (Å²) in [6, 6.07) is 7.37. The number of benzene rings is 2. The third-order valence-electron chi connectivity index (χ3n) is 4.39. The molecule has 0 bridgehead atoms. The van der Waals surface area contributed by atoms with Gasteiger partial charge in [-0.3, -0.25) is 4.79 Å². The van der Waals surface area contributed by atoms with Crippen LogP contribution in [0.2, 0.25) is 0 Å². The zero-order valence-electron chi connectivity index (χ0n) is 16.0. The molecule has 1 heterocycles. The van der Waals surface area contributed by atoms with Gasteiger partial charge in [-0.05, 0) is 42.8 Å². The molecule has 0 radical (unpaired) electrons. The van der Waals surface area contributed by atoms with Crippen molar-refractivity contribution in [2.24, 2.45) is 0 Å². The molecule has 166 valence electrons. The Bertz CT molecular complexity index is 994. The maximum atomic E-state index is 13.2. The molecule has 0 spiro atoms. The summed E-state index contributed by atoms with van der Waals surface area (Å²) in [6.07, 6.45) is -9.80. The fourth-order valence-electron chi connectivity index (χ4n) is 2.73. The zero-order chi connectivity index (χ0) is 22.8. The van der Waals surface area contributed by atoms with E-state index < -0.39 is 29.8 Å². The van der Waals surface area contributed by atoms with Crippen molar-refractivity contribution < 1.29 is 45.3 Å². The van der Waals surface area contributed by atoms with E-state index in [9.17, 15) is 31.1 Å². The van der Waals surface area contributed by atoms with Crippen molar-refractivity contribution in [1.82, 2.24) is 0 Å². The lowest BCUT2D eigenvalue weighted by Crippen LogP contribution is -2.32. The number of aldehydes is 1. The number of hydrogen-bond acceptors (Lipinski definition) is 4. The fourth-order valence-corrected chi connectivity index (χ4v) is 2.73. The third kappa shape index (κ3) is 5.50. The van der Waals surface area contributed by atoms with Gasteiger partial charge in [0.2, 0.25) is 0 Å². The highest BCUT2D eigenvalue weighted by molar-refractivity contribution is 5.84. The molecule has 1 aliphatic heterocycles. The van der Waals surface area contributed by atoms with Crippen LogP contribution < -0.4 is 14.2 Å². The van der Waals surface area contributed by atoms with Gasteiger partial charge in [-0.2, -0.15) is 26.3 Å². The molecule has 0 saturated heterocycles. The summed E-state index contributed by atoms with van der Waals surface area (Å²) in [5, 5.41) is 0. The minimum atomic E-state index is -4.89. The second kappa shape index (κ2) is 8.52. The summed E-state index contributed by atoms with van der Waals surface area (Å²) in [4.78, 5) is 10.8. The minimum absolute atomic E-state index is 0.0942. The largest absolute Gasteiger partial charge is 0.489 e. The van der Waals surface area contributed by atoms with Gasteiger partial charge >= 0.3 is 12.4 Å². The van der Waals surface area contributed by atoms with Gasteiger partial charge in [0.15, 0.2) is 6.10 Å². The molecule has 1 atom stereocenters. The molecule has 0 saturated carbocycles. The first kappa shape index (κ1) is 22.5. The highest BCUT2D eigenvalue weighted by atomic mass is 19.4. The van der Waals surface area contributed by atoms with E-state index in [4.69, 9.17) is 9.47 Å². The Morgan fingerprint density at radius 2 is 1.84 bits per heavy atom. The van der Waals surface area contributed by atoms with Crippen LogP contribution in [0, 0.1) is 0 Å². The summed E-state index contributed by atoms with van der Waals surface area (Å²) in [5.74, 6) is -0.148. The van der Waals surface area contributed by atoms with Crippen molar-refractivity contribution in [1.29, 1.82) is 0 Å². The van der Waals surface area contributed by atoms with Gasteiger partial charge in [0.1, 0.15) is 36.7 Å². The first-order valence-electron chi connectivity index (χ1n) is 8.96. The van der Waals surface area contributed by atoms with Crippen LogP contribution in [0.3, 0.4) is 0 Å². The molecule has 1 unspecified atom stereocenters. The van der Waals surface area contributed by atoms with E-state index in [1.807, 2.05) is 0 Å². The predicted molar refractivity (Wildman–Crippen MR) is 97.9 cm³/mol. The summed E-state index contributed by atoms with van der Waals surface area (Å²) >= 11 is 0. The Labute approximate surface area is 173 Å². The Hall–Kier alpha value is -3.17. The van der Waals surface area contributed by atoms with Crippen molar-refractivity contribution >= 4 is 12.4 Å². The fraction of sp³-hybridized carbons (Fsp3) is 0.286. The van der Waals surface area contributed by atoms with E-state index in [-0.39, 0.29) is 18.8 Å². The first-order chi connectivity index (χ1) is 14.5. The smallest absolute Gasteiger partial charge is 0.425 e. The third-order valence-corrected chi connectivity index (χ3v) is 4.39. The number of fused-ring (bicyclic) bond motifs is 1. The van der Waals surface area contributed by atoms with E-state index in [0.29, 0.717) is 41.9 Å². The molecule has 0 amide bonds. The Morgan fingerprint density at radius 3 is 2.48 bits per heavy atom. The van der Waals surface area contributed by atoms with Gasteiger partial charge in [0.05, 0.1) is 5.56 Å². The number of halogens is 6. The topological polar surface area (TPSA) is 44.8 Å². The molecule has 3 rings (SSSR count). The quantitative estimate of drug-likeness (QED) is 0.429. The molecule has 0 N–H and O–H groups in total. The van der Waals surface area contributed by atoms with Crippen molar-refractivity contribution in [2.45, 2.75) is 32.0 Å². The molecule has 2 aromatic rings. The van der Waals surface area contributed by atoms with Gasteiger partial charge in [-0.25, -0.2) is 0 Å². The first-order valence-corrected chi connectivity index (χ1v) is 8.96. The lowest BCUT2D eigenvalue weighted by atomic mass is 10.1. The van der Waals surface area contributed by atoms with Crippen LogP contribution in [0.15, 0.2) is 42.0 Å². The van der Waals surface area contributed by atoms with Crippen molar-refractivity contribution in [3.05, 3.63) is 58.7 Å². The number of hydrogen-bond donors (Lipinski definition) is 0. The highest BCUT2D eigenvalue weighted by Gasteiger charge is 2.41. The van der Waals surface area contributed by atoms with Crippen LogP contribution in [-0.4, -0.2) is 25.2 Å². The van der Waals surface area contributed by atoms with Crippen LogP contribution in [0.25, 0.3) is 6.08 Å². The molecule has 0 aromatic heterocycles. The average molecular weight is 446 g/mol. The number of alkyl halides is 6. The number of rotatable bonds is 6. The van der Waals surface area contributed by atoms with Crippen LogP contribution in [-0.2, 0) is 17.6 Å². The molecule has 1 aliphatic rings. The van der Waals surface area contributed by atoms with Crippen LogP contribution in [0.5, 0.6) is 17.2 Å². The van der Waals surface area contributed by atoms with Gasteiger partial charge < -0.3 is 14.2 Å². The average Bonchev–Trinajstić information content (AvgIpc) is 2.70. The summed E-state index contributed by atoms with van der Waals surface area (Å²) in [6.45, 7) is 0.501. The standard InChI is InChI=1S/C21H16F6O4/c1-12(20(22,23)24)31-19-7-13(2-5-17(19)21(25,26)27)10-29-16-4-3-15-6-14(9-28)11-30-18(15)8-16/h2-9,12H,10-11H2,1H3. The maximum absolute atomic E-state index is 13.2. The van der Waals surface area contributed by atoms with E-state index in [0.717, 1.165) is 12.1 Å². The molecule has 0 fully saturated rings. The van der Waals surface area contributed by atoms with Crippen LogP contribution in [0.4, 0.5) is 26.3 Å². The predicted octanol–water partition coefficient (Wildman–Crippen LogP) is 5.59. The second-order valence-corrected chi connectivity index (χ2v) is 6.74. The molecular formula is C21H16F6O4. The van der Waals surface area contributed by atoms with Gasteiger partial charge in [-0.15, -0.1) is 0 Å². The van der Waals surface area contributed by atoms with Gasteiger partial charge in [0.25, 0.3) is 0 Å². The number of carbonyl (C=O) groups excluding carboxylic acids is 1. The summed E-state index contributed by atoms with van der Waals surface area (Å²) < 4.78 is 93.3. The van der Waals surface area contributed by atoms with Crippen LogP contribution in [0.1, 0.15) is 23.6 Å². The molecular weight excluding hydrogens is 430 g/mol. The zero-order valence-corrected chi connectivity index (χ0v) is 16.0. The van der Waals surface area contributed by atoms with Crippen molar-refractivity contribution in [3.63, 3.8) is 0 Å². The van der Waals surface area contributed by atoms with E-state index in [1.165, 1.54) is 0 Å². The normalized spacial score (nSPS) is 14.7. The lowest BCUT2D eigenvalue weighted by molar-refractivity contribution is -0.191. The Kier molecular flexibility index (Phi) is 6.19. The van der Waals surface area contributed by atoms with Gasteiger partial charge in [0, 0.05) is 17.2 Å². The molecule has 10 heteroatoms. The summed E-state index contributed by atoms with van der Waals surface area (Å²) in [7, 11) is 0. The number of ether oxygens (including phenoxy) is 3. The molecule has 31 heavy (non-hydrogen) atoms. The van der Waals surface area contributed by atoms with Crippen molar-refractivity contribution in [3.8, 4) is 17.2 Å². The Balaban J connectivity index is 1.78. The minimum Gasteiger partial charge on any atom is -0.489 e. The highest BCUT2D eigenvalue weighted by Crippen LogP contribution is 2.39. The summed E-state index contributed by atoms with van der Waals surface area (Å²) in [5.41, 5.74) is -0.00922. The molecule has 2 aromatic carbocycles. The Morgan fingerprint density at radius 1 is 1.10 bits per heavy atom. The molecule has 0 aliphatic carbocycles. The maximum Gasteiger partial charge on any atom is 0.425 e. The SMILES string of the molecule is CC(Oc1cc(COc2ccc3c(c2)OCC(C=O)=C3)ccc1C(F)(F)F)C(F)(F)F. The lowest BCUT2D eigenvalue weighted by Gasteiger charge is -2.21. The van der Waals surface area contributed by atoms with Crippen LogP contribution >= 0.6 is 0 Å². The van der Waals surface area contributed by atoms with Crippen molar-refractivity contribution in [2.75, 3.05) is 6.61 Å². The van der Waals surface area contributed by atoms with Gasteiger partial charge in [-0.1, -0.05) is 6.07 Å². The monoisotopic (exact) mass is 446 g/mol. The molecule has 4 nitrogen and oxygen atoms in total. The van der Waals surface area contributed by atoms with E-state index >= 15 is 0 Å². The van der Waals surface area contributed by atoms with E-state index in [2.05, 4.69) is 4.74 Å². The van der Waals surface area contributed by atoms with E-state index in [1.54, 1.807) is 24.3 Å².